The van der Waals surface area contributed by atoms with Crippen LogP contribution in [0.1, 0.15) is 46.6 Å². The van der Waals surface area contributed by atoms with Gasteiger partial charge in [0.15, 0.2) is 5.76 Å². The fraction of sp³-hybridized carbons (Fsp3) is 0.350. The second kappa shape index (κ2) is 9.02. The molecule has 0 spiro atoms. The van der Waals surface area contributed by atoms with Gasteiger partial charge in [-0.05, 0) is 49.6 Å². The summed E-state index contributed by atoms with van der Waals surface area (Å²) in [6.45, 7) is 1.97. The Bertz CT molecular complexity index is 801. The number of amides is 3. The van der Waals surface area contributed by atoms with Crippen molar-refractivity contribution in [1.82, 2.24) is 10.2 Å². The van der Waals surface area contributed by atoms with Crippen LogP contribution in [0.25, 0.3) is 0 Å². The van der Waals surface area contributed by atoms with E-state index in [9.17, 15) is 14.4 Å². The Morgan fingerprint density at radius 1 is 1.11 bits per heavy atom. The maximum Gasteiger partial charge on any atom is 0.291 e. The minimum Gasteiger partial charge on any atom is -0.459 e. The number of benzene rings is 1. The van der Waals surface area contributed by atoms with Gasteiger partial charge in [-0.1, -0.05) is 6.07 Å². The fourth-order valence-electron chi connectivity index (χ4n) is 3.01. The van der Waals surface area contributed by atoms with Crippen LogP contribution in [-0.4, -0.2) is 42.3 Å². The summed E-state index contributed by atoms with van der Waals surface area (Å²) in [4.78, 5) is 37.9. The summed E-state index contributed by atoms with van der Waals surface area (Å²) in [5.74, 6) is -0.178. The molecule has 1 aliphatic rings. The molecule has 2 heterocycles. The summed E-state index contributed by atoms with van der Waals surface area (Å²) in [5.41, 5.74) is 0.976. The molecule has 1 aromatic heterocycles. The van der Waals surface area contributed by atoms with Gasteiger partial charge in [-0.25, -0.2) is 0 Å². The van der Waals surface area contributed by atoms with Gasteiger partial charge in [0.05, 0.1) is 6.26 Å². The van der Waals surface area contributed by atoms with Gasteiger partial charge in [0.25, 0.3) is 11.8 Å². The molecule has 1 aromatic carbocycles. The number of furan rings is 1. The van der Waals surface area contributed by atoms with Crippen molar-refractivity contribution in [3.05, 3.63) is 54.0 Å². The molecule has 7 nitrogen and oxygen atoms in total. The van der Waals surface area contributed by atoms with Crippen molar-refractivity contribution >= 4 is 23.4 Å². The lowest BCUT2D eigenvalue weighted by atomic mass is 10.1. The van der Waals surface area contributed by atoms with Gasteiger partial charge in [-0.15, -0.1) is 0 Å². The van der Waals surface area contributed by atoms with Crippen LogP contribution in [0.15, 0.2) is 47.1 Å². The Morgan fingerprint density at radius 3 is 2.78 bits per heavy atom. The first-order chi connectivity index (χ1) is 13.1. The Kier molecular flexibility index (Phi) is 6.25. The SMILES string of the molecule is O=C(NCCCN1CCCCC1=O)c1cccc(NC(=O)c2ccco2)c1. The highest BCUT2D eigenvalue weighted by Crippen LogP contribution is 2.13. The van der Waals surface area contributed by atoms with Crippen LogP contribution in [-0.2, 0) is 4.79 Å². The maximum atomic E-state index is 12.3. The highest BCUT2D eigenvalue weighted by Gasteiger charge is 2.17. The van der Waals surface area contributed by atoms with Crippen LogP contribution in [0.5, 0.6) is 0 Å². The molecule has 1 fully saturated rings. The van der Waals surface area contributed by atoms with Gasteiger partial charge in [0, 0.05) is 37.3 Å². The van der Waals surface area contributed by atoms with Gasteiger partial charge >= 0.3 is 0 Å². The Morgan fingerprint density at radius 2 is 2.00 bits per heavy atom. The molecule has 0 bridgehead atoms. The zero-order chi connectivity index (χ0) is 19.1. The first kappa shape index (κ1) is 18.7. The molecule has 0 atom stereocenters. The summed E-state index contributed by atoms with van der Waals surface area (Å²) in [7, 11) is 0. The van der Waals surface area contributed by atoms with Gasteiger partial charge in [0.1, 0.15) is 0 Å². The summed E-state index contributed by atoms with van der Waals surface area (Å²) >= 11 is 0. The van der Waals surface area contributed by atoms with Crippen LogP contribution in [0.4, 0.5) is 5.69 Å². The first-order valence-corrected chi connectivity index (χ1v) is 9.14. The van der Waals surface area contributed by atoms with E-state index < -0.39 is 0 Å². The van der Waals surface area contributed by atoms with Crippen LogP contribution in [0.3, 0.4) is 0 Å². The molecular formula is C20H23N3O4. The monoisotopic (exact) mass is 369 g/mol. The molecule has 2 N–H and O–H groups in total. The zero-order valence-electron chi connectivity index (χ0n) is 15.1. The van der Waals surface area contributed by atoms with E-state index in [2.05, 4.69) is 10.6 Å². The van der Waals surface area contributed by atoms with Crippen molar-refractivity contribution in [3.63, 3.8) is 0 Å². The predicted molar refractivity (Wildman–Crippen MR) is 100 cm³/mol. The largest absolute Gasteiger partial charge is 0.459 e. The Balaban J connectivity index is 1.47. The molecule has 0 aliphatic carbocycles. The minimum atomic E-state index is -0.372. The van der Waals surface area contributed by atoms with E-state index in [0.29, 0.717) is 37.2 Å². The zero-order valence-corrected chi connectivity index (χ0v) is 15.1. The average Bonchev–Trinajstić information content (AvgIpc) is 3.21. The van der Waals surface area contributed by atoms with E-state index in [4.69, 9.17) is 4.42 Å². The fourth-order valence-corrected chi connectivity index (χ4v) is 3.01. The van der Waals surface area contributed by atoms with E-state index in [1.165, 1.54) is 6.26 Å². The molecule has 7 heteroatoms. The third-order valence-electron chi connectivity index (χ3n) is 4.44. The van der Waals surface area contributed by atoms with Gasteiger partial charge in [0.2, 0.25) is 5.91 Å². The number of nitrogens with one attached hydrogen (secondary N) is 2. The predicted octanol–water partition coefficient (Wildman–Crippen LogP) is 2.66. The van der Waals surface area contributed by atoms with Gasteiger partial charge in [-0.3, -0.25) is 14.4 Å². The number of anilines is 1. The number of hydrogen-bond acceptors (Lipinski definition) is 4. The quantitative estimate of drug-likeness (QED) is 0.734. The number of carbonyl (C=O) groups is 3. The lowest BCUT2D eigenvalue weighted by Crippen LogP contribution is -2.37. The van der Waals surface area contributed by atoms with Crippen LogP contribution in [0, 0.1) is 0 Å². The third kappa shape index (κ3) is 5.20. The van der Waals surface area contributed by atoms with Crippen LogP contribution < -0.4 is 10.6 Å². The number of hydrogen-bond donors (Lipinski definition) is 2. The van der Waals surface area contributed by atoms with Crippen molar-refractivity contribution in [2.45, 2.75) is 25.7 Å². The minimum absolute atomic E-state index is 0.201. The summed E-state index contributed by atoms with van der Waals surface area (Å²) < 4.78 is 5.05. The highest BCUT2D eigenvalue weighted by molar-refractivity contribution is 6.03. The van der Waals surface area contributed by atoms with Crippen molar-refractivity contribution in [2.75, 3.05) is 25.0 Å². The van der Waals surface area contributed by atoms with E-state index >= 15 is 0 Å². The second-order valence-electron chi connectivity index (χ2n) is 6.46. The lowest BCUT2D eigenvalue weighted by molar-refractivity contribution is -0.133. The van der Waals surface area contributed by atoms with E-state index in [1.54, 1.807) is 36.4 Å². The number of rotatable bonds is 7. The molecule has 3 rings (SSSR count). The lowest BCUT2D eigenvalue weighted by Gasteiger charge is -2.26. The molecule has 27 heavy (non-hydrogen) atoms. The first-order valence-electron chi connectivity index (χ1n) is 9.14. The highest BCUT2D eigenvalue weighted by atomic mass is 16.3. The molecule has 0 unspecified atom stereocenters. The van der Waals surface area contributed by atoms with Crippen LogP contribution >= 0.6 is 0 Å². The average molecular weight is 369 g/mol. The summed E-state index contributed by atoms with van der Waals surface area (Å²) in [6, 6.07) is 9.92. The van der Waals surface area contributed by atoms with Crippen molar-refractivity contribution in [1.29, 1.82) is 0 Å². The van der Waals surface area contributed by atoms with Crippen LogP contribution in [0.2, 0.25) is 0 Å². The second-order valence-corrected chi connectivity index (χ2v) is 6.46. The molecule has 1 aliphatic heterocycles. The normalized spacial score (nSPS) is 14.1. The third-order valence-corrected chi connectivity index (χ3v) is 4.44. The van der Waals surface area contributed by atoms with E-state index in [1.807, 2.05) is 4.90 Å². The Labute approximate surface area is 157 Å². The maximum absolute atomic E-state index is 12.3. The van der Waals surface area contributed by atoms with Gasteiger partial charge in [-0.2, -0.15) is 0 Å². The molecular weight excluding hydrogens is 346 g/mol. The molecule has 1 saturated heterocycles. The molecule has 0 radical (unpaired) electrons. The van der Waals surface area contributed by atoms with Crippen molar-refractivity contribution < 1.29 is 18.8 Å². The number of piperidine rings is 1. The number of carbonyl (C=O) groups excluding carboxylic acids is 3. The molecule has 0 saturated carbocycles. The molecule has 142 valence electrons. The number of likely N-dealkylation sites (tertiary alicyclic amines) is 1. The van der Waals surface area contributed by atoms with Gasteiger partial charge < -0.3 is 20.0 Å². The molecule has 2 aromatic rings. The van der Waals surface area contributed by atoms with E-state index in [0.717, 1.165) is 19.4 Å². The van der Waals surface area contributed by atoms with Crippen molar-refractivity contribution in [2.24, 2.45) is 0 Å². The van der Waals surface area contributed by atoms with E-state index in [-0.39, 0.29) is 23.5 Å². The summed E-state index contributed by atoms with van der Waals surface area (Å²) in [5, 5.41) is 5.55. The summed E-state index contributed by atoms with van der Waals surface area (Å²) in [6.07, 6.45) is 4.79. The standard InChI is InChI=1S/C20H23N3O4/c24-18-9-1-2-11-23(18)12-5-10-21-19(25)15-6-3-7-16(14-15)22-20(26)17-8-4-13-27-17/h3-4,6-8,13-14H,1-2,5,9-12H2,(H,21,25)(H,22,26). The Hall–Kier alpha value is -3.09. The number of nitrogens with zero attached hydrogens (tertiary/aromatic N) is 1. The van der Waals surface area contributed by atoms with Crippen molar-refractivity contribution in [3.8, 4) is 0 Å². The molecule has 3 amide bonds. The topological polar surface area (TPSA) is 91.7 Å². The smallest absolute Gasteiger partial charge is 0.291 e.